The molecule has 1 aromatic heterocycles. The molecular formula is C11H17N3O. The van der Waals surface area contributed by atoms with Crippen LogP contribution in [0.1, 0.15) is 31.1 Å². The Labute approximate surface area is 90.1 Å². The number of nitrogens with one attached hydrogen (secondary N) is 2. The summed E-state index contributed by atoms with van der Waals surface area (Å²) in [7, 11) is 0. The third kappa shape index (κ3) is 3.58. The summed E-state index contributed by atoms with van der Waals surface area (Å²) >= 11 is 0. The predicted octanol–water partition coefficient (Wildman–Crippen LogP) is 1.65. The Balaban J connectivity index is 2.67. The van der Waals surface area contributed by atoms with Crippen LogP contribution in [-0.2, 0) is 0 Å². The quantitative estimate of drug-likeness (QED) is 0.789. The van der Waals surface area contributed by atoms with Gasteiger partial charge in [0.2, 0.25) is 0 Å². The van der Waals surface area contributed by atoms with Gasteiger partial charge in [-0.2, -0.15) is 0 Å². The minimum Gasteiger partial charge on any atom is -0.368 e. The maximum absolute atomic E-state index is 11.4. The van der Waals surface area contributed by atoms with E-state index >= 15 is 0 Å². The number of anilines is 1. The van der Waals surface area contributed by atoms with Crippen molar-refractivity contribution in [1.29, 1.82) is 0 Å². The Morgan fingerprint density at radius 1 is 1.47 bits per heavy atom. The van der Waals surface area contributed by atoms with E-state index in [4.69, 9.17) is 0 Å². The molecule has 0 fully saturated rings. The second-order valence-electron chi connectivity index (χ2n) is 3.59. The molecule has 15 heavy (non-hydrogen) atoms. The van der Waals surface area contributed by atoms with E-state index in [-0.39, 0.29) is 5.91 Å². The monoisotopic (exact) mass is 207 g/mol. The summed E-state index contributed by atoms with van der Waals surface area (Å²) in [5.74, 6) is 0.708. The SMILES string of the molecule is CCNC(=O)c1ccc(NC(C)C)nc1. The van der Waals surface area contributed by atoms with E-state index in [1.54, 1.807) is 12.3 Å². The summed E-state index contributed by atoms with van der Waals surface area (Å²) < 4.78 is 0. The van der Waals surface area contributed by atoms with E-state index in [0.29, 0.717) is 18.2 Å². The molecule has 0 saturated carbocycles. The lowest BCUT2D eigenvalue weighted by Crippen LogP contribution is -2.22. The third-order valence-corrected chi connectivity index (χ3v) is 1.80. The number of amides is 1. The lowest BCUT2D eigenvalue weighted by Gasteiger charge is -2.09. The number of hydrogen-bond acceptors (Lipinski definition) is 3. The molecule has 82 valence electrons. The van der Waals surface area contributed by atoms with Crippen LogP contribution < -0.4 is 10.6 Å². The molecular weight excluding hydrogens is 190 g/mol. The Bertz CT molecular complexity index is 319. The zero-order chi connectivity index (χ0) is 11.3. The number of carbonyl (C=O) groups is 1. The maximum atomic E-state index is 11.4. The molecule has 0 aliphatic rings. The molecule has 0 saturated heterocycles. The zero-order valence-electron chi connectivity index (χ0n) is 9.37. The molecule has 1 rings (SSSR count). The van der Waals surface area contributed by atoms with E-state index in [9.17, 15) is 4.79 Å². The highest BCUT2D eigenvalue weighted by molar-refractivity contribution is 5.93. The summed E-state index contributed by atoms with van der Waals surface area (Å²) in [6.07, 6.45) is 1.58. The van der Waals surface area contributed by atoms with Gasteiger partial charge < -0.3 is 10.6 Å². The highest BCUT2D eigenvalue weighted by atomic mass is 16.1. The largest absolute Gasteiger partial charge is 0.368 e. The van der Waals surface area contributed by atoms with Crippen molar-refractivity contribution in [2.24, 2.45) is 0 Å². The summed E-state index contributed by atoms with van der Waals surface area (Å²) in [5.41, 5.74) is 0.589. The highest BCUT2D eigenvalue weighted by Gasteiger charge is 2.04. The first-order valence-corrected chi connectivity index (χ1v) is 5.14. The number of nitrogens with zero attached hydrogens (tertiary/aromatic N) is 1. The minimum absolute atomic E-state index is 0.0823. The first kappa shape index (κ1) is 11.5. The summed E-state index contributed by atoms with van der Waals surface area (Å²) in [4.78, 5) is 15.6. The first-order chi connectivity index (χ1) is 7.13. The van der Waals surface area contributed by atoms with Gasteiger partial charge in [-0.15, -0.1) is 0 Å². The molecule has 2 N–H and O–H groups in total. The van der Waals surface area contributed by atoms with Crippen LogP contribution in [0.2, 0.25) is 0 Å². The Hall–Kier alpha value is -1.58. The van der Waals surface area contributed by atoms with Crippen LogP contribution >= 0.6 is 0 Å². The van der Waals surface area contributed by atoms with E-state index in [1.165, 1.54) is 0 Å². The standard InChI is InChI=1S/C11H17N3O/c1-4-12-11(15)9-5-6-10(13-7-9)14-8(2)3/h5-8H,4H2,1-3H3,(H,12,15)(H,13,14). The van der Waals surface area contributed by atoms with Crippen molar-refractivity contribution in [2.45, 2.75) is 26.8 Å². The first-order valence-electron chi connectivity index (χ1n) is 5.14. The van der Waals surface area contributed by atoms with Crippen LogP contribution in [0, 0.1) is 0 Å². The molecule has 0 bridgehead atoms. The molecule has 0 aliphatic heterocycles. The van der Waals surface area contributed by atoms with Gasteiger partial charge in [-0.05, 0) is 32.9 Å². The molecule has 0 atom stereocenters. The normalized spacial score (nSPS) is 10.1. The molecule has 1 aromatic rings. The van der Waals surface area contributed by atoms with Crippen molar-refractivity contribution in [3.8, 4) is 0 Å². The van der Waals surface area contributed by atoms with Crippen molar-refractivity contribution in [3.63, 3.8) is 0 Å². The van der Waals surface area contributed by atoms with E-state index in [2.05, 4.69) is 15.6 Å². The van der Waals surface area contributed by atoms with Gasteiger partial charge in [0.05, 0.1) is 5.56 Å². The number of rotatable bonds is 4. The average Bonchev–Trinajstić information content (AvgIpc) is 2.18. The van der Waals surface area contributed by atoms with Gasteiger partial charge in [-0.3, -0.25) is 4.79 Å². The van der Waals surface area contributed by atoms with E-state index < -0.39 is 0 Å². The number of carbonyl (C=O) groups excluding carboxylic acids is 1. The lowest BCUT2D eigenvalue weighted by molar-refractivity contribution is 0.0955. The van der Waals surface area contributed by atoms with Gasteiger partial charge in [0.25, 0.3) is 5.91 Å². The van der Waals surface area contributed by atoms with Crippen molar-refractivity contribution in [2.75, 3.05) is 11.9 Å². The van der Waals surface area contributed by atoms with Crippen LogP contribution in [0.5, 0.6) is 0 Å². The van der Waals surface area contributed by atoms with Crippen LogP contribution in [0.15, 0.2) is 18.3 Å². The van der Waals surface area contributed by atoms with E-state index in [0.717, 1.165) is 5.82 Å². The fraction of sp³-hybridized carbons (Fsp3) is 0.455. The van der Waals surface area contributed by atoms with Crippen LogP contribution in [0.3, 0.4) is 0 Å². The fourth-order valence-corrected chi connectivity index (χ4v) is 1.17. The second kappa shape index (κ2) is 5.34. The van der Waals surface area contributed by atoms with E-state index in [1.807, 2.05) is 26.8 Å². The van der Waals surface area contributed by atoms with Crippen molar-refractivity contribution in [1.82, 2.24) is 10.3 Å². The molecule has 0 unspecified atom stereocenters. The van der Waals surface area contributed by atoms with Crippen molar-refractivity contribution >= 4 is 11.7 Å². The smallest absolute Gasteiger partial charge is 0.252 e. The Kier molecular flexibility index (Phi) is 4.09. The topological polar surface area (TPSA) is 54.0 Å². The van der Waals surface area contributed by atoms with Gasteiger partial charge in [0.15, 0.2) is 0 Å². The molecule has 0 aromatic carbocycles. The molecule has 0 radical (unpaired) electrons. The second-order valence-corrected chi connectivity index (χ2v) is 3.59. The predicted molar refractivity (Wildman–Crippen MR) is 61.0 cm³/mol. The lowest BCUT2D eigenvalue weighted by atomic mass is 10.2. The van der Waals surface area contributed by atoms with Gasteiger partial charge in [0.1, 0.15) is 5.82 Å². The molecule has 0 aliphatic carbocycles. The molecule has 0 spiro atoms. The maximum Gasteiger partial charge on any atom is 0.252 e. The summed E-state index contributed by atoms with van der Waals surface area (Å²) in [6, 6.07) is 3.92. The minimum atomic E-state index is -0.0823. The van der Waals surface area contributed by atoms with Gasteiger partial charge in [0, 0.05) is 18.8 Å². The van der Waals surface area contributed by atoms with Gasteiger partial charge in [-0.1, -0.05) is 0 Å². The Morgan fingerprint density at radius 3 is 2.67 bits per heavy atom. The highest BCUT2D eigenvalue weighted by Crippen LogP contribution is 2.06. The molecule has 1 amide bonds. The van der Waals surface area contributed by atoms with Gasteiger partial charge >= 0.3 is 0 Å². The summed E-state index contributed by atoms with van der Waals surface area (Å²) in [5, 5.41) is 5.88. The van der Waals surface area contributed by atoms with Crippen molar-refractivity contribution in [3.05, 3.63) is 23.9 Å². The Morgan fingerprint density at radius 2 is 2.20 bits per heavy atom. The number of hydrogen-bond donors (Lipinski definition) is 2. The number of aromatic nitrogens is 1. The third-order valence-electron chi connectivity index (χ3n) is 1.80. The zero-order valence-corrected chi connectivity index (χ0v) is 9.37. The van der Waals surface area contributed by atoms with Crippen LogP contribution in [0.25, 0.3) is 0 Å². The molecule has 4 nitrogen and oxygen atoms in total. The van der Waals surface area contributed by atoms with Crippen LogP contribution in [-0.4, -0.2) is 23.5 Å². The van der Waals surface area contributed by atoms with Crippen LogP contribution in [0.4, 0.5) is 5.82 Å². The fourth-order valence-electron chi connectivity index (χ4n) is 1.17. The molecule has 1 heterocycles. The number of pyridine rings is 1. The van der Waals surface area contributed by atoms with Gasteiger partial charge in [-0.25, -0.2) is 4.98 Å². The van der Waals surface area contributed by atoms with Crippen molar-refractivity contribution < 1.29 is 4.79 Å². The summed E-state index contributed by atoms with van der Waals surface area (Å²) in [6.45, 7) is 6.60. The molecule has 4 heteroatoms. The average molecular weight is 207 g/mol.